The van der Waals surface area contributed by atoms with Gasteiger partial charge in [0.15, 0.2) is 11.5 Å². The molecule has 0 bridgehead atoms. The van der Waals surface area contributed by atoms with Crippen LogP contribution in [0.1, 0.15) is 43.0 Å². The Balaban J connectivity index is 1.95. The second-order valence-electron chi connectivity index (χ2n) is 10.3. The largest absolute Gasteiger partial charge is 0.493 e. The van der Waals surface area contributed by atoms with Gasteiger partial charge in [0.2, 0.25) is 11.8 Å². The lowest BCUT2D eigenvalue weighted by Crippen LogP contribution is -2.56. The van der Waals surface area contributed by atoms with Gasteiger partial charge in [0.25, 0.3) is 0 Å². The van der Waals surface area contributed by atoms with E-state index in [9.17, 15) is 29.4 Å². The van der Waals surface area contributed by atoms with Crippen molar-refractivity contribution in [3.8, 4) is 11.5 Å². The third-order valence-corrected chi connectivity index (χ3v) is 8.06. The zero-order valence-electron chi connectivity index (χ0n) is 24.1. The quantitative estimate of drug-likeness (QED) is 0.178. The van der Waals surface area contributed by atoms with E-state index in [1.807, 2.05) is 22.6 Å². The fraction of sp³-hybridized carbons (Fsp3) is 0.586. The molecular formula is C29H40IN3O9. The first-order valence-electron chi connectivity index (χ1n) is 14.0. The first-order chi connectivity index (χ1) is 20.2. The standard InChI is InChI=1S/C29H40IN3O9/c1-19(36)4-3-5-26(37)33(8-7-32-9-12-41-13-10-32)23-16-21(29(39)31-6-11-34)17-24(27(23)38)42-28-22(30)14-20(18-35)15-25(28)40-2/h14-15,17-18,23-24,27,34,38H,3-13,16H2,1-2H3,(H,31,39). The van der Waals surface area contributed by atoms with Crippen molar-refractivity contribution in [3.63, 3.8) is 0 Å². The summed E-state index contributed by atoms with van der Waals surface area (Å²) in [4.78, 5) is 53.3. The molecule has 1 aromatic rings. The number of aldehydes is 1. The van der Waals surface area contributed by atoms with Gasteiger partial charge in [-0.05, 0) is 54.1 Å². The summed E-state index contributed by atoms with van der Waals surface area (Å²) in [6.45, 7) is 4.74. The third kappa shape index (κ3) is 9.46. The molecule has 1 aliphatic carbocycles. The molecule has 1 aromatic carbocycles. The molecule has 2 aliphatic rings. The molecule has 1 aliphatic heterocycles. The molecule has 3 rings (SSSR count). The van der Waals surface area contributed by atoms with Crippen molar-refractivity contribution in [2.24, 2.45) is 0 Å². The molecule has 0 saturated carbocycles. The number of aliphatic hydroxyl groups excluding tert-OH is 2. The number of carbonyl (C=O) groups excluding carboxylic acids is 4. The molecule has 2 amide bonds. The molecule has 232 valence electrons. The van der Waals surface area contributed by atoms with E-state index in [0.29, 0.717) is 53.7 Å². The first kappa shape index (κ1) is 33.9. The number of ketones is 1. The molecule has 3 atom stereocenters. The van der Waals surface area contributed by atoms with Crippen LogP contribution in [0.15, 0.2) is 23.8 Å². The highest BCUT2D eigenvalue weighted by Crippen LogP contribution is 2.37. The maximum Gasteiger partial charge on any atom is 0.247 e. The smallest absolute Gasteiger partial charge is 0.247 e. The molecule has 13 heteroatoms. The number of rotatable bonds is 15. The average molecular weight is 702 g/mol. The molecule has 0 radical (unpaired) electrons. The number of nitrogens with zero attached hydrogens (tertiary/aromatic N) is 2. The van der Waals surface area contributed by atoms with E-state index in [0.717, 1.165) is 13.1 Å². The second-order valence-corrected chi connectivity index (χ2v) is 11.4. The van der Waals surface area contributed by atoms with E-state index in [4.69, 9.17) is 14.2 Å². The summed E-state index contributed by atoms with van der Waals surface area (Å²) in [5, 5.41) is 23.5. The Bertz CT molecular complexity index is 1140. The highest BCUT2D eigenvalue weighted by Gasteiger charge is 2.41. The normalized spacial score (nSPS) is 20.8. The minimum atomic E-state index is -1.22. The van der Waals surface area contributed by atoms with Gasteiger partial charge in [0.1, 0.15) is 24.3 Å². The zero-order chi connectivity index (χ0) is 30.6. The molecule has 3 N–H and O–H groups in total. The number of ether oxygens (including phenoxy) is 3. The Labute approximate surface area is 259 Å². The highest BCUT2D eigenvalue weighted by atomic mass is 127. The number of benzene rings is 1. The van der Waals surface area contributed by atoms with Crippen LogP contribution in [-0.2, 0) is 19.1 Å². The first-order valence-corrected chi connectivity index (χ1v) is 15.1. The Morgan fingerprint density at radius 3 is 2.62 bits per heavy atom. The number of Topliss-reactive ketones (excluding diaryl/α,β-unsaturated/α-hetero) is 1. The van der Waals surface area contributed by atoms with Crippen molar-refractivity contribution in [1.82, 2.24) is 15.1 Å². The van der Waals surface area contributed by atoms with Crippen LogP contribution >= 0.6 is 22.6 Å². The molecule has 12 nitrogen and oxygen atoms in total. The number of hydrogen-bond donors (Lipinski definition) is 3. The predicted molar refractivity (Wildman–Crippen MR) is 162 cm³/mol. The molecule has 42 heavy (non-hydrogen) atoms. The summed E-state index contributed by atoms with van der Waals surface area (Å²) in [6.07, 6.45) is 0.787. The summed E-state index contributed by atoms with van der Waals surface area (Å²) in [6, 6.07) is 2.32. The number of hydrogen-bond acceptors (Lipinski definition) is 10. The fourth-order valence-electron chi connectivity index (χ4n) is 5.02. The van der Waals surface area contributed by atoms with Crippen molar-refractivity contribution in [2.45, 2.75) is 50.9 Å². The highest BCUT2D eigenvalue weighted by molar-refractivity contribution is 14.1. The lowest BCUT2D eigenvalue weighted by atomic mass is 9.87. The van der Waals surface area contributed by atoms with Crippen LogP contribution in [0.2, 0.25) is 0 Å². The number of carbonyl (C=O) groups is 4. The average Bonchev–Trinajstić information content (AvgIpc) is 2.98. The van der Waals surface area contributed by atoms with Gasteiger partial charge in [-0.25, -0.2) is 0 Å². The van der Waals surface area contributed by atoms with Gasteiger partial charge >= 0.3 is 0 Å². The fourth-order valence-corrected chi connectivity index (χ4v) is 5.77. The molecule has 0 spiro atoms. The molecule has 1 saturated heterocycles. The molecule has 3 unspecified atom stereocenters. The summed E-state index contributed by atoms with van der Waals surface area (Å²) in [7, 11) is 1.43. The van der Waals surface area contributed by atoms with Crippen molar-refractivity contribution < 1.29 is 43.6 Å². The van der Waals surface area contributed by atoms with E-state index >= 15 is 0 Å². The number of aliphatic hydroxyl groups is 2. The number of halogens is 1. The van der Waals surface area contributed by atoms with E-state index in [1.54, 1.807) is 11.0 Å². The number of nitrogens with one attached hydrogen (secondary N) is 1. The molecule has 0 aromatic heterocycles. The van der Waals surface area contributed by atoms with Crippen molar-refractivity contribution in [2.75, 3.05) is 59.7 Å². The van der Waals surface area contributed by atoms with Gasteiger partial charge in [-0.15, -0.1) is 0 Å². The van der Waals surface area contributed by atoms with Gasteiger partial charge in [-0.1, -0.05) is 0 Å². The van der Waals surface area contributed by atoms with Crippen LogP contribution in [0.3, 0.4) is 0 Å². The lowest BCUT2D eigenvalue weighted by molar-refractivity contribution is -0.139. The van der Waals surface area contributed by atoms with Gasteiger partial charge in [0, 0.05) is 63.1 Å². The number of amides is 2. The van der Waals surface area contributed by atoms with Crippen LogP contribution < -0.4 is 14.8 Å². The van der Waals surface area contributed by atoms with Crippen LogP contribution in [-0.4, -0.2) is 122 Å². The maximum absolute atomic E-state index is 13.6. The van der Waals surface area contributed by atoms with Gasteiger partial charge in [0.05, 0.1) is 36.5 Å². The Kier molecular flexibility index (Phi) is 13.6. The van der Waals surface area contributed by atoms with E-state index in [-0.39, 0.29) is 55.6 Å². The van der Waals surface area contributed by atoms with Crippen molar-refractivity contribution in [1.29, 1.82) is 0 Å². The SMILES string of the molecule is COc1cc(C=O)cc(I)c1OC1C=C(C(=O)NCCO)CC(N(CCN2CCOCC2)C(=O)CCCC(C)=O)C1O. The third-order valence-electron chi connectivity index (χ3n) is 7.26. The number of morpholine rings is 1. The van der Waals surface area contributed by atoms with Gasteiger partial charge in [-0.2, -0.15) is 0 Å². The van der Waals surface area contributed by atoms with Gasteiger partial charge in [-0.3, -0.25) is 19.3 Å². The molecule has 1 heterocycles. The Morgan fingerprint density at radius 2 is 1.98 bits per heavy atom. The minimum absolute atomic E-state index is 0.0104. The van der Waals surface area contributed by atoms with Crippen LogP contribution in [0.25, 0.3) is 0 Å². The zero-order valence-corrected chi connectivity index (χ0v) is 26.2. The number of methoxy groups -OCH3 is 1. The summed E-state index contributed by atoms with van der Waals surface area (Å²) < 4.78 is 17.7. The Morgan fingerprint density at radius 1 is 1.24 bits per heavy atom. The van der Waals surface area contributed by atoms with Crippen LogP contribution in [0.5, 0.6) is 11.5 Å². The van der Waals surface area contributed by atoms with E-state index in [1.165, 1.54) is 26.2 Å². The summed E-state index contributed by atoms with van der Waals surface area (Å²) in [5.74, 6) is -0.116. The lowest BCUT2D eigenvalue weighted by Gasteiger charge is -2.41. The van der Waals surface area contributed by atoms with Crippen molar-refractivity contribution >= 4 is 46.5 Å². The summed E-state index contributed by atoms with van der Waals surface area (Å²) in [5.41, 5.74) is 0.686. The predicted octanol–water partition coefficient (Wildman–Crippen LogP) is 0.948. The topological polar surface area (TPSA) is 155 Å². The van der Waals surface area contributed by atoms with Crippen molar-refractivity contribution in [3.05, 3.63) is 32.9 Å². The molecule has 1 fully saturated rings. The van der Waals surface area contributed by atoms with E-state index in [2.05, 4.69) is 10.2 Å². The minimum Gasteiger partial charge on any atom is -0.493 e. The van der Waals surface area contributed by atoms with E-state index < -0.39 is 24.2 Å². The van der Waals surface area contributed by atoms with Crippen LogP contribution in [0.4, 0.5) is 0 Å². The maximum atomic E-state index is 13.6. The van der Waals surface area contributed by atoms with Crippen LogP contribution in [0, 0.1) is 3.57 Å². The van der Waals surface area contributed by atoms with Gasteiger partial charge < -0.3 is 39.4 Å². The monoisotopic (exact) mass is 701 g/mol. The Hall–Kier alpha value is -2.59. The summed E-state index contributed by atoms with van der Waals surface area (Å²) >= 11 is 2.01. The molecular weight excluding hydrogens is 661 g/mol. The second kappa shape index (κ2) is 16.9.